The van der Waals surface area contributed by atoms with Crippen molar-refractivity contribution < 1.29 is 9.50 Å². The van der Waals surface area contributed by atoms with E-state index in [1.165, 1.54) is 38.2 Å². The molecular formula is C24H30BrFN4O. The average Bonchev–Trinajstić information content (AvgIpc) is 2.81. The molecule has 1 saturated heterocycles. The molecule has 0 amide bonds. The van der Waals surface area contributed by atoms with E-state index < -0.39 is 0 Å². The van der Waals surface area contributed by atoms with Gasteiger partial charge in [0.2, 0.25) is 0 Å². The molecule has 2 aromatic rings. The maximum absolute atomic E-state index is 14.2. The highest BCUT2D eigenvalue weighted by Gasteiger charge is 2.26. The molecule has 1 saturated carbocycles. The van der Waals surface area contributed by atoms with Crippen LogP contribution in [0.15, 0.2) is 51.9 Å². The van der Waals surface area contributed by atoms with Crippen LogP contribution in [-0.4, -0.2) is 53.1 Å². The third-order valence-corrected chi connectivity index (χ3v) is 6.73. The van der Waals surface area contributed by atoms with Crippen molar-refractivity contribution >= 4 is 27.6 Å². The summed E-state index contributed by atoms with van der Waals surface area (Å²) in [6, 6.07) is 12.6. The van der Waals surface area contributed by atoms with Gasteiger partial charge in [-0.1, -0.05) is 35.2 Å². The van der Waals surface area contributed by atoms with Crippen molar-refractivity contribution in [2.24, 2.45) is 4.99 Å². The van der Waals surface area contributed by atoms with E-state index in [0.29, 0.717) is 5.56 Å². The molecule has 166 valence electrons. The van der Waals surface area contributed by atoms with Crippen molar-refractivity contribution in [1.29, 1.82) is 0 Å². The molecule has 2 N–H and O–H groups in total. The molecule has 7 heteroatoms. The lowest BCUT2D eigenvalue weighted by Crippen LogP contribution is -2.53. The fourth-order valence-corrected chi connectivity index (χ4v) is 4.87. The Labute approximate surface area is 192 Å². The number of hydrogen-bond donors (Lipinski definition) is 2. The van der Waals surface area contributed by atoms with E-state index in [9.17, 15) is 9.50 Å². The number of rotatable bonds is 4. The number of halogens is 2. The van der Waals surface area contributed by atoms with Gasteiger partial charge in [0.1, 0.15) is 11.6 Å². The molecule has 0 aromatic heterocycles. The van der Waals surface area contributed by atoms with Crippen LogP contribution in [0.4, 0.5) is 10.1 Å². The van der Waals surface area contributed by atoms with Gasteiger partial charge in [0.15, 0.2) is 5.96 Å². The van der Waals surface area contributed by atoms with Gasteiger partial charge in [0.25, 0.3) is 0 Å². The normalized spacial score (nSPS) is 18.9. The van der Waals surface area contributed by atoms with E-state index >= 15 is 0 Å². The number of benzene rings is 2. The smallest absolute Gasteiger partial charge is 0.198 e. The molecule has 5 nitrogen and oxygen atoms in total. The number of nitrogens with zero attached hydrogens (tertiary/aromatic N) is 3. The van der Waals surface area contributed by atoms with Gasteiger partial charge >= 0.3 is 0 Å². The molecule has 31 heavy (non-hydrogen) atoms. The first kappa shape index (κ1) is 22.1. The number of hydrogen-bond acceptors (Lipinski definition) is 3. The van der Waals surface area contributed by atoms with E-state index in [0.717, 1.165) is 48.3 Å². The zero-order valence-corrected chi connectivity index (χ0v) is 19.3. The number of anilines is 1. The Bertz CT molecular complexity index is 891. The van der Waals surface area contributed by atoms with Crippen molar-refractivity contribution in [3.05, 3.63) is 58.3 Å². The third kappa shape index (κ3) is 5.98. The minimum Gasteiger partial charge on any atom is -0.508 e. The first-order valence-electron chi connectivity index (χ1n) is 11.1. The van der Waals surface area contributed by atoms with Crippen molar-refractivity contribution in [3.8, 4) is 5.75 Å². The predicted molar refractivity (Wildman–Crippen MR) is 127 cm³/mol. The molecule has 2 fully saturated rings. The summed E-state index contributed by atoms with van der Waals surface area (Å²) in [5.74, 6) is 0.716. The summed E-state index contributed by atoms with van der Waals surface area (Å²) in [5.41, 5.74) is 1.40. The number of aliphatic imine (C=N–C) groups is 1. The second-order valence-corrected chi connectivity index (χ2v) is 9.28. The second-order valence-electron chi connectivity index (χ2n) is 8.36. The van der Waals surface area contributed by atoms with Crippen LogP contribution in [0.25, 0.3) is 0 Å². The Balaban J connectivity index is 1.48. The number of piperazine rings is 1. The molecule has 4 rings (SSSR count). The number of guanidine groups is 1. The quantitative estimate of drug-likeness (QED) is 0.352. The third-order valence-electron chi connectivity index (χ3n) is 6.24. The van der Waals surface area contributed by atoms with E-state index in [2.05, 4.69) is 31.0 Å². The molecular weight excluding hydrogens is 459 g/mol. The van der Waals surface area contributed by atoms with Crippen LogP contribution >= 0.6 is 15.9 Å². The summed E-state index contributed by atoms with van der Waals surface area (Å²) < 4.78 is 15.1. The Kier molecular flexibility index (Phi) is 7.45. The first-order valence-corrected chi connectivity index (χ1v) is 11.9. The van der Waals surface area contributed by atoms with E-state index in [-0.39, 0.29) is 18.1 Å². The maximum atomic E-state index is 14.2. The number of phenolic OH excluding ortho intramolecular Hbond substituents is 1. The molecule has 0 bridgehead atoms. The van der Waals surface area contributed by atoms with Crippen LogP contribution in [0.1, 0.15) is 37.7 Å². The van der Waals surface area contributed by atoms with Gasteiger partial charge in [0, 0.05) is 47.9 Å². The summed E-state index contributed by atoms with van der Waals surface area (Å²) in [6.07, 6.45) is 6.69. The monoisotopic (exact) mass is 488 g/mol. The van der Waals surface area contributed by atoms with E-state index in [1.54, 1.807) is 24.3 Å². The van der Waals surface area contributed by atoms with Gasteiger partial charge in [-0.05, 0) is 55.3 Å². The minimum absolute atomic E-state index is 0.223. The number of aromatic hydroxyl groups is 1. The standard InChI is InChI=1S/C24H30BrFN4O/c25-19-6-11-23(26)18(16-19)17-27-24(28-20-7-9-22(31)10-8-20)30-14-12-29(13-15-30)21-4-2-1-3-5-21/h6-11,16,21,31H,1-5,12-15,17H2,(H,27,28). The number of nitrogens with one attached hydrogen (secondary N) is 1. The number of phenols is 1. The highest BCUT2D eigenvalue weighted by atomic mass is 79.9. The molecule has 1 heterocycles. The Morgan fingerprint density at radius 2 is 1.74 bits per heavy atom. The van der Waals surface area contributed by atoms with Crippen molar-refractivity contribution in [1.82, 2.24) is 9.80 Å². The lowest BCUT2D eigenvalue weighted by molar-refractivity contribution is 0.107. The summed E-state index contributed by atoms with van der Waals surface area (Å²) >= 11 is 3.41. The van der Waals surface area contributed by atoms with Crippen LogP contribution in [0.3, 0.4) is 0 Å². The van der Waals surface area contributed by atoms with Crippen LogP contribution in [0.5, 0.6) is 5.75 Å². The topological polar surface area (TPSA) is 51.1 Å². The lowest BCUT2D eigenvalue weighted by Gasteiger charge is -2.41. The predicted octanol–water partition coefficient (Wildman–Crippen LogP) is 5.21. The van der Waals surface area contributed by atoms with Gasteiger partial charge in [-0.15, -0.1) is 0 Å². The summed E-state index contributed by atoms with van der Waals surface area (Å²) in [4.78, 5) is 9.64. The minimum atomic E-state index is -0.252. The van der Waals surface area contributed by atoms with Crippen LogP contribution < -0.4 is 5.32 Å². The first-order chi connectivity index (χ1) is 15.1. The largest absolute Gasteiger partial charge is 0.508 e. The Hall–Kier alpha value is -2.12. The molecule has 1 aliphatic heterocycles. The molecule has 2 aromatic carbocycles. The van der Waals surface area contributed by atoms with Gasteiger partial charge in [-0.2, -0.15) is 0 Å². The van der Waals surface area contributed by atoms with Crippen molar-refractivity contribution in [2.45, 2.75) is 44.7 Å². The van der Waals surface area contributed by atoms with Crippen LogP contribution in [-0.2, 0) is 6.54 Å². The highest BCUT2D eigenvalue weighted by molar-refractivity contribution is 9.10. The Morgan fingerprint density at radius 1 is 1.03 bits per heavy atom. The summed E-state index contributed by atoms with van der Waals surface area (Å²) in [6.45, 7) is 4.08. The zero-order chi connectivity index (χ0) is 21.6. The highest BCUT2D eigenvalue weighted by Crippen LogP contribution is 2.24. The molecule has 0 atom stereocenters. The average molecular weight is 489 g/mol. The molecule has 0 unspecified atom stereocenters. The van der Waals surface area contributed by atoms with Gasteiger partial charge in [-0.25, -0.2) is 9.38 Å². The van der Waals surface area contributed by atoms with Gasteiger partial charge in [0.05, 0.1) is 6.54 Å². The van der Waals surface area contributed by atoms with Crippen LogP contribution in [0, 0.1) is 5.82 Å². The van der Waals surface area contributed by atoms with Gasteiger partial charge < -0.3 is 15.3 Å². The van der Waals surface area contributed by atoms with Crippen molar-refractivity contribution in [2.75, 3.05) is 31.5 Å². The molecule has 0 radical (unpaired) electrons. The van der Waals surface area contributed by atoms with E-state index in [4.69, 9.17) is 4.99 Å². The molecule has 0 spiro atoms. The second kappa shape index (κ2) is 10.5. The fraction of sp³-hybridized carbons (Fsp3) is 0.458. The maximum Gasteiger partial charge on any atom is 0.198 e. The van der Waals surface area contributed by atoms with Gasteiger partial charge in [-0.3, -0.25) is 4.90 Å². The Morgan fingerprint density at radius 3 is 2.45 bits per heavy atom. The molecule has 1 aliphatic carbocycles. The SMILES string of the molecule is Oc1ccc(NC(=NCc2cc(Br)ccc2F)N2CCN(C3CCCCC3)CC2)cc1. The lowest BCUT2D eigenvalue weighted by atomic mass is 9.94. The van der Waals surface area contributed by atoms with Crippen molar-refractivity contribution in [3.63, 3.8) is 0 Å². The summed E-state index contributed by atoms with van der Waals surface area (Å²) in [5, 5.41) is 13.0. The van der Waals surface area contributed by atoms with Crippen LogP contribution in [0.2, 0.25) is 0 Å². The molecule has 2 aliphatic rings. The van der Waals surface area contributed by atoms with E-state index in [1.807, 2.05) is 12.1 Å². The zero-order valence-electron chi connectivity index (χ0n) is 17.7. The summed E-state index contributed by atoms with van der Waals surface area (Å²) in [7, 11) is 0. The fourth-order valence-electron chi connectivity index (χ4n) is 4.46.